The van der Waals surface area contributed by atoms with E-state index in [1.165, 1.54) is 0 Å². The third-order valence-electron chi connectivity index (χ3n) is 4.22. The van der Waals surface area contributed by atoms with Crippen LogP contribution in [0.2, 0.25) is 0 Å². The van der Waals surface area contributed by atoms with Crippen molar-refractivity contribution in [3.05, 3.63) is 34.8 Å². The van der Waals surface area contributed by atoms with Crippen LogP contribution in [0.3, 0.4) is 0 Å². The number of carbonyl (C=O) groups excluding carboxylic acids is 1. The van der Waals surface area contributed by atoms with Crippen molar-refractivity contribution < 1.29 is 9.53 Å². The molecule has 0 bridgehead atoms. The average molecular weight is 315 g/mol. The van der Waals surface area contributed by atoms with Crippen LogP contribution in [0.4, 0.5) is 0 Å². The van der Waals surface area contributed by atoms with Crippen LogP contribution in [0.5, 0.6) is 5.88 Å². The molecule has 1 aliphatic heterocycles. The van der Waals surface area contributed by atoms with E-state index >= 15 is 0 Å². The highest BCUT2D eigenvalue weighted by Crippen LogP contribution is 2.21. The maximum absolute atomic E-state index is 12.7. The van der Waals surface area contributed by atoms with Crippen LogP contribution >= 0.6 is 0 Å². The van der Waals surface area contributed by atoms with Gasteiger partial charge in [-0.2, -0.15) is 10.2 Å². The lowest BCUT2D eigenvalue weighted by atomic mass is 10.2. The monoisotopic (exact) mass is 315 g/mol. The van der Waals surface area contributed by atoms with Gasteiger partial charge in [-0.15, -0.1) is 5.10 Å². The molecule has 7 heteroatoms. The number of hydrogen-bond donors (Lipinski definition) is 0. The van der Waals surface area contributed by atoms with E-state index in [9.17, 15) is 4.79 Å². The predicted molar refractivity (Wildman–Crippen MR) is 84.4 cm³/mol. The van der Waals surface area contributed by atoms with Crippen LogP contribution < -0.4 is 4.74 Å². The molecule has 2 aromatic heterocycles. The summed E-state index contributed by atoms with van der Waals surface area (Å²) in [5, 5.41) is 12.3. The van der Waals surface area contributed by atoms with Crippen LogP contribution in [0.25, 0.3) is 0 Å². The van der Waals surface area contributed by atoms with Gasteiger partial charge in [0.2, 0.25) is 5.88 Å². The summed E-state index contributed by atoms with van der Waals surface area (Å²) in [7, 11) is 1.85. The smallest absolute Gasteiger partial charge is 0.257 e. The Labute approximate surface area is 135 Å². The minimum atomic E-state index is -0.0479. The number of rotatable bonds is 3. The second kappa shape index (κ2) is 5.98. The molecule has 1 unspecified atom stereocenters. The van der Waals surface area contributed by atoms with Crippen molar-refractivity contribution >= 4 is 5.91 Å². The first kappa shape index (κ1) is 15.5. The largest absolute Gasteiger partial charge is 0.471 e. The number of nitrogens with zero attached hydrogens (tertiary/aromatic N) is 5. The second-order valence-corrected chi connectivity index (χ2v) is 5.96. The first-order valence-corrected chi connectivity index (χ1v) is 7.72. The number of likely N-dealkylation sites (tertiary alicyclic amines) is 1. The summed E-state index contributed by atoms with van der Waals surface area (Å²) >= 11 is 0. The molecule has 23 heavy (non-hydrogen) atoms. The molecule has 1 fully saturated rings. The van der Waals surface area contributed by atoms with Crippen LogP contribution in [-0.4, -0.2) is 50.0 Å². The summed E-state index contributed by atoms with van der Waals surface area (Å²) < 4.78 is 7.57. The van der Waals surface area contributed by atoms with E-state index in [2.05, 4.69) is 15.3 Å². The summed E-state index contributed by atoms with van der Waals surface area (Å²) in [4.78, 5) is 14.6. The topological polar surface area (TPSA) is 73.1 Å². The standard InChI is InChI=1S/C16H21N5O2/c1-10-5-6-14(18-17-10)23-13-7-8-21(9-13)16(22)15-11(2)19-20(4)12(15)3/h5-6,13H,7-9H2,1-4H3. The van der Waals surface area contributed by atoms with Gasteiger partial charge in [-0.3, -0.25) is 9.48 Å². The molecule has 3 rings (SSSR count). The fourth-order valence-corrected chi connectivity index (χ4v) is 2.87. The number of amides is 1. The second-order valence-electron chi connectivity index (χ2n) is 5.96. The molecule has 0 aromatic carbocycles. The van der Waals surface area contributed by atoms with Crippen molar-refractivity contribution in [2.45, 2.75) is 33.3 Å². The summed E-state index contributed by atoms with van der Waals surface area (Å²) in [6, 6.07) is 3.67. The van der Waals surface area contributed by atoms with Gasteiger partial charge in [0.25, 0.3) is 5.91 Å². The number of aromatic nitrogens is 4. The highest BCUT2D eigenvalue weighted by atomic mass is 16.5. The van der Waals surface area contributed by atoms with Crippen molar-refractivity contribution in [1.82, 2.24) is 24.9 Å². The summed E-state index contributed by atoms with van der Waals surface area (Å²) in [6.07, 6.45) is 0.743. The zero-order valence-electron chi connectivity index (χ0n) is 13.9. The molecule has 1 saturated heterocycles. The molecular formula is C16H21N5O2. The molecule has 1 amide bonds. The molecule has 0 radical (unpaired) electrons. The third-order valence-corrected chi connectivity index (χ3v) is 4.22. The molecule has 122 valence electrons. The Hall–Kier alpha value is -2.44. The third kappa shape index (κ3) is 3.04. The quantitative estimate of drug-likeness (QED) is 0.856. The van der Waals surface area contributed by atoms with E-state index < -0.39 is 0 Å². The minimum Gasteiger partial charge on any atom is -0.471 e. The van der Waals surface area contributed by atoms with E-state index in [1.54, 1.807) is 4.68 Å². The molecule has 0 spiro atoms. The van der Waals surface area contributed by atoms with Crippen molar-refractivity contribution in [1.29, 1.82) is 0 Å². The van der Waals surface area contributed by atoms with Crippen LogP contribution in [0, 0.1) is 20.8 Å². The minimum absolute atomic E-state index is 0.0224. The Morgan fingerprint density at radius 3 is 2.65 bits per heavy atom. The highest BCUT2D eigenvalue weighted by molar-refractivity contribution is 5.96. The lowest BCUT2D eigenvalue weighted by Gasteiger charge is -2.17. The van der Waals surface area contributed by atoms with Crippen molar-refractivity contribution in [2.75, 3.05) is 13.1 Å². The van der Waals surface area contributed by atoms with E-state index in [0.29, 0.717) is 24.5 Å². The van der Waals surface area contributed by atoms with Crippen LogP contribution in [0.1, 0.15) is 33.9 Å². The fraction of sp³-hybridized carbons (Fsp3) is 0.500. The van der Waals surface area contributed by atoms with Gasteiger partial charge in [-0.25, -0.2) is 0 Å². The lowest BCUT2D eigenvalue weighted by molar-refractivity contribution is 0.0769. The molecule has 2 aromatic rings. The number of ether oxygens (including phenoxy) is 1. The highest BCUT2D eigenvalue weighted by Gasteiger charge is 2.31. The van der Waals surface area contributed by atoms with E-state index in [-0.39, 0.29) is 12.0 Å². The Morgan fingerprint density at radius 2 is 2.04 bits per heavy atom. The Morgan fingerprint density at radius 1 is 1.26 bits per heavy atom. The number of aryl methyl sites for hydroxylation is 3. The van der Waals surface area contributed by atoms with E-state index in [0.717, 1.165) is 23.5 Å². The average Bonchev–Trinajstić information content (AvgIpc) is 3.07. The van der Waals surface area contributed by atoms with Crippen molar-refractivity contribution in [3.8, 4) is 5.88 Å². The number of carbonyl (C=O) groups is 1. The van der Waals surface area contributed by atoms with Gasteiger partial charge in [-0.1, -0.05) is 0 Å². The van der Waals surface area contributed by atoms with E-state index in [1.807, 2.05) is 44.9 Å². The Bertz CT molecular complexity index is 723. The van der Waals surface area contributed by atoms with Gasteiger partial charge in [0, 0.05) is 31.8 Å². The zero-order valence-corrected chi connectivity index (χ0v) is 13.9. The van der Waals surface area contributed by atoms with Gasteiger partial charge >= 0.3 is 0 Å². The first-order valence-electron chi connectivity index (χ1n) is 7.72. The molecule has 3 heterocycles. The number of hydrogen-bond acceptors (Lipinski definition) is 5. The summed E-state index contributed by atoms with van der Waals surface area (Å²) in [6.45, 7) is 6.90. The lowest BCUT2D eigenvalue weighted by Crippen LogP contribution is -2.31. The molecule has 0 aliphatic carbocycles. The van der Waals surface area contributed by atoms with Crippen LogP contribution in [0.15, 0.2) is 12.1 Å². The molecule has 1 aliphatic rings. The van der Waals surface area contributed by atoms with Gasteiger partial charge < -0.3 is 9.64 Å². The van der Waals surface area contributed by atoms with Crippen molar-refractivity contribution in [3.63, 3.8) is 0 Å². The molecule has 7 nitrogen and oxygen atoms in total. The first-order chi connectivity index (χ1) is 11.0. The zero-order chi connectivity index (χ0) is 16.6. The fourth-order valence-electron chi connectivity index (χ4n) is 2.87. The molecule has 0 saturated carbocycles. The van der Waals surface area contributed by atoms with Crippen molar-refractivity contribution in [2.24, 2.45) is 7.05 Å². The van der Waals surface area contributed by atoms with Gasteiger partial charge in [0.1, 0.15) is 6.10 Å². The van der Waals surface area contributed by atoms with E-state index in [4.69, 9.17) is 4.74 Å². The van der Waals surface area contributed by atoms with Crippen LogP contribution in [-0.2, 0) is 7.05 Å². The molecular weight excluding hydrogens is 294 g/mol. The van der Waals surface area contributed by atoms with Gasteiger partial charge in [0.05, 0.1) is 23.5 Å². The predicted octanol–water partition coefficient (Wildman–Crippen LogP) is 1.43. The summed E-state index contributed by atoms with van der Waals surface area (Å²) in [5.41, 5.74) is 3.21. The maximum atomic E-state index is 12.7. The Kier molecular flexibility index (Phi) is 4.02. The van der Waals surface area contributed by atoms with Gasteiger partial charge in [0.15, 0.2) is 0 Å². The SMILES string of the molecule is Cc1ccc(OC2CCN(C(=O)c3c(C)nn(C)c3C)C2)nn1. The molecule has 1 atom stereocenters. The molecule has 0 N–H and O–H groups in total. The maximum Gasteiger partial charge on any atom is 0.257 e. The normalized spacial score (nSPS) is 17.6. The summed E-state index contributed by atoms with van der Waals surface area (Å²) in [5.74, 6) is 0.526. The van der Waals surface area contributed by atoms with Gasteiger partial charge in [-0.05, 0) is 26.8 Å². The Balaban J connectivity index is 1.67.